The van der Waals surface area contributed by atoms with Gasteiger partial charge in [0.25, 0.3) is 0 Å². The first-order chi connectivity index (χ1) is 7.29. The number of hydrogen-bond acceptors (Lipinski definition) is 4. The van der Waals surface area contributed by atoms with E-state index in [4.69, 9.17) is 5.73 Å². The average molecular weight is 207 g/mol. The third-order valence-corrected chi connectivity index (χ3v) is 2.92. The normalized spacial score (nSPS) is 22.1. The molecular weight excluding hydrogens is 190 g/mol. The lowest BCUT2D eigenvalue weighted by Gasteiger charge is -2.22. The maximum Gasteiger partial charge on any atom is 0.0587 e. The molecule has 0 aromatic carbocycles. The summed E-state index contributed by atoms with van der Waals surface area (Å²) in [5.41, 5.74) is 7.42. The zero-order valence-corrected chi connectivity index (χ0v) is 8.76. The minimum absolute atomic E-state index is 0.238. The summed E-state index contributed by atoms with van der Waals surface area (Å²) in [7, 11) is 0. The van der Waals surface area contributed by atoms with Crippen molar-refractivity contribution in [2.45, 2.75) is 25.4 Å². The van der Waals surface area contributed by atoms with Gasteiger partial charge in [0, 0.05) is 24.5 Å². The van der Waals surface area contributed by atoms with Crippen molar-refractivity contribution in [1.82, 2.24) is 9.88 Å². The van der Waals surface area contributed by atoms with Gasteiger partial charge in [0.15, 0.2) is 0 Å². The molecular formula is C11H17N3O. The van der Waals surface area contributed by atoms with E-state index in [2.05, 4.69) is 9.88 Å². The van der Waals surface area contributed by atoms with Crippen molar-refractivity contribution in [3.63, 3.8) is 0 Å². The van der Waals surface area contributed by atoms with E-state index in [1.165, 1.54) is 0 Å². The van der Waals surface area contributed by atoms with Gasteiger partial charge >= 0.3 is 0 Å². The number of aliphatic hydroxyl groups excluding tert-OH is 1. The summed E-state index contributed by atoms with van der Waals surface area (Å²) in [4.78, 5) is 6.53. The number of nitrogens with zero attached hydrogens (tertiary/aromatic N) is 2. The Labute approximate surface area is 89.7 Å². The molecule has 4 heteroatoms. The highest BCUT2D eigenvalue weighted by Crippen LogP contribution is 2.19. The van der Waals surface area contributed by atoms with Crippen molar-refractivity contribution >= 4 is 5.69 Å². The Morgan fingerprint density at radius 3 is 3.20 bits per heavy atom. The number of nitrogen functional groups attached to an aromatic ring is 1. The molecule has 1 saturated heterocycles. The van der Waals surface area contributed by atoms with Crippen LogP contribution >= 0.6 is 0 Å². The second-order valence-corrected chi connectivity index (χ2v) is 4.03. The first kappa shape index (κ1) is 10.4. The second kappa shape index (κ2) is 4.59. The summed E-state index contributed by atoms with van der Waals surface area (Å²) in [6.45, 7) is 2.07. The first-order valence-corrected chi connectivity index (χ1v) is 5.35. The summed E-state index contributed by atoms with van der Waals surface area (Å²) < 4.78 is 0. The highest BCUT2D eigenvalue weighted by atomic mass is 16.3. The summed E-state index contributed by atoms with van der Waals surface area (Å²) in [6, 6.07) is 3.98. The van der Waals surface area contributed by atoms with Crippen LogP contribution in [0.5, 0.6) is 0 Å². The standard InChI is InChI=1S/C11H17N3O/c12-9-3-4-13-10(6-9)7-14-5-1-2-11(14)8-15/h3-4,6,11,15H,1-2,5,7-8H2,(H2,12,13). The van der Waals surface area contributed by atoms with Crippen LogP contribution in [0.15, 0.2) is 18.3 Å². The number of rotatable bonds is 3. The monoisotopic (exact) mass is 207 g/mol. The fourth-order valence-corrected chi connectivity index (χ4v) is 2.10. The molecule has 1 atom stereocenters. The lowest BCUT2D eigenvalue weighted by molar-refractivity contribution is 0.152. The molecule has 0 spiro atoms. The lowest BCUT2D eigenvalue weighted by Crippen LogP contribution is -2.31. The van der Waals surface area contributed by atoms with E-state index in [0.29, 0.717) is 6.04 Å². The molecule has 0 bridgehead atoms. The average Bonchev–Trinajstić information content (AvgIpc) is 2.65. The SMILES string of the molecule is Nc1ccnc(CN2CCCC2CO)c1. The van der Waals surface area contributed by atoms with E-state index in [1.807, 2.05) is 6.07 Å². The minimum atomic E-state index is 0.238. The van der Waals surface area contributed by atoms with Gasteiger partial charge in [-0.2, -0.15) is 0 Å². The van der Waals surface area contributed by atoms with Gasteiger partial charge in [0.05, 0.1) is 12.3 Å². The van der Waals surface area contributed by atoms with Gasteiger partial charge in [-0.3, -0.25) is 9.88 Å². The molecule has 1 aliphatic heterocycles. The quantitative estimate of drug-likeness (QED) is 0.762. The Balaban J connectivity index is 2.02. The Morgan fingerprint density at radius 2 is 2.47 bits per heavy atom. The van der Waals surface area contributed by atoms with Gasteiger partial charge in [-0.25, -0.2) is 0 Å². The van der Waals surface area contributed by atoms with Crippen molar-refractivity contribution in [2.24, 2.45) is 0 Å². The molecule has 0 radical (unpaired) electrons. The molecule has 1 aromatic heterocycles. The highest BCUT2D eigenvalue weighted by molar-refractivity contribution is 5.37. The Hall–Kier alpha value is -1.13. The molecule has 1 aromatic rings. The molecule has 2 rings (SSSR count). The third-order valence-electron chi connectivity index (χ3n) is 2.92. The molecule has 0 aliphatic carbocycles. The summed E-state index contributed by atoms with van der Waals surface area (Å²) in [5, 5.41) is 9.18. The molecule has 0 saturated carbocycles. The largest absolute Gasteiger partial charge is 0.399 e. The van der Waals surface area contributed by atoms with Crippen LogP contribution in [-0.4, -0.2) is 34.2 Å². The van der Waals surface area contributed by atoms with E-state index < -0.39 is 0 Å². The van der Waals surface area contributed by atoms with Crippen molar-refractivity contribution in [3.05, 3.63) is 24.0 Å². The molecule has 1 fully saturated rings. The second-order valence-electron chi connectivity index (χ2n) is 4.03. The fraction of sp³-hybridized carbons (Fsp3) is 0.545. The maximum absolute atomic E-state index is 9.18. The topological polar surface area (TPSA) is 62.4 Å². The van der Waals surface area contributed by atoms with Crippen molar-refractivity contribution in [2.75, 3.05) is 18.9 Å². The third kappa shape index (κ3) is 2.46. The zero-order chi connectivity index (χ0) is 10.7. The summed E-state index contributed by atoms with van der Waals surface area (Å²) in [5.74, 6) is 0. The van der Waals surface area contributed by atoms with Crippen LogP contribution in [-0.2, 0) is 6.54 Å². The lowest BCUT2D eigenvalue weighted by atomic mass is 10.2. The molecule has 2 heterocycles. The van der Waals surface area contributed by atoms with Gasteiger partial charge in [-0.15, -0.1) is 0 Å². The van der Waals surface area contributed by atoms with E-state index >= 15 is 0 Å². The molecule has 1 aliphatic rings. The predicted octanol–water partition coefficient (Wildman–Crippen LogP) is 0.620. The van der Waals surface area contributed by atoms with Crippen molar-refractivity contribution in [1.29, 1.82) is 0 Å². The van der Waals surface area contributed by atoms with Crippen LogP contribution < -0.4 is 5.73 Å². The summed E-state index contributed by atoms with van der Waals surface area (Å²) in [6.07, 6.45) is 3.97. The number of pyridine rings is 1. The smallest absolute Gasteiger partial charge is 0.0587 e. The van der Waals surface area contributed by atoms with Gasteiger partial charge in [-0.1, -0.05) is 0 Å². The van der Waals surface area contributed by atoms with Gasteiger partial charge in [0.2, 0.25) is 0 Å². The van der Waals surface area contributed by atoms with Crippen LogP contribution in [0.1, 0.15) is 18.5 Å². The van der Waals surface area contributed by atoms with E-state index in [1.54, 1.807) is 12.3 Å². The van der Waals surface area contributed by atoms with Crippen LogP contribution in [0.2, 0.25) is 0 Å². The molecule has 82 valence electrons. The number of aliphatic hydroxyl groups is 1. The number of likely N-dealkylation sites (tertiary alicyclic amines) is 1. The predicted molar refractivity (Wildman–Crippen MR) is 59.2 cm³/mol. The number of hydrogen-bond donors (Lipinski definition) is 2. The molecule has 0 amide bonds. The first-order valence-electron chi connectivity index (χ1n) is 5.35. The highest BCUT2D eigenvalue weighted by Gasteiger charge is 2.23. The van der Waals surface area contributed by atoms with Gasteiger partial charge in [-0.05, 0) is 31.5 Å². The number of aromatic nitrogens is 1. The van der Waals surface area contributed by atoms with Crippen LogP contribution in [0.3, 0.4) is 0 Å². The Bertz CT molecular complexity index is 329. The molecule has 3 N–H and O–H groups in total. The van der Waals surface area contributed by atoms with E-state index in [-0.39, 0.29) is 6.61 Å². The van der Waals surface area contributed by atoms with Crippen molar-refractivity contribution < 1.29 is 5.11 Å². The minimum Gasteiger partial charge on any atom is -0.399 e. The molecule has 1 unspecified atom stereocenters. The van der Waals surface area contributed by atoms with Crippen LogP contribution in [0, 0.1) is 0 Å². The van der Waals surface area contributed by atoms with Crippen LogP contribution in [0.25, 0.3) is 0 Å². The zero-order valence-electron chi connectivity index (χ0n) is 8.76. The number of anilines is 1. The van der Waals surface area contributed by atoms with E-state index in [0.717, 1.165) is 37.3 Å². The van der Waals surface area contributed by atoms with Crippen LogP contribution in [0.4, 0.5) is 5.69 Å². The van der Waals surface area contributed by atoms with E-state index in [9.17, 15) is 5.11 Å². The number of nitrogens with two attached hydrogens (primary N) is 1. The molecule has 15 heavy (non-hydrogen) atoms. The Kier molecular flexibility index (Phi) is 3.18. The van der Waals surface area contributed by atoms with Gasteiger partial charge < -0.3 is 10.8 Å². The Morgan fingerprint density at radius 1 is 1.60 bits per heavy atom. The maximum atomic E-state index is 9.18. The van der Waals surface area contributed by atoms with Crippen molar-refractivity contribution in [3.8, 4) is 0 Å². The van der Waals surface area contributed by atoms with Gasteiger partial charge in [0.1, 0.15) is 0 Å². The molecule has 4 nitrogen and oxygen atoms in total. The fourth-order valence-electron chi connectivity index (χ4n) is 2.10. The summed E-state index contributed by atoms with van der Waals surface area (Å²) >= 11 is 0.